The summed E-state index contributed by atoms with van der Waals surface area (Å²) in [6, 6.07) is 1.84. The Morgan fingerprint density at radius 3 is 3.29 bits per heavy atom. The number of rotatable bonds is 2. The zero-order chi connectivity index (χ0) is 9.97. The molecule has 0 aromatic carbocycles. The largest absolute Gasteiger partial charge is 0.478 e. The third kappa shape index (κ3) is 1.55. The van der Waals surface area contributed by atoms with E-state index in [1.807, 2.05) is 13.0 Å². The number of ether oxygens (including phenoxy) is 1. The summed E-state index contributed by atoms with van der Waals surface area (Å²) in [5, 5.41) is 2.77. The minimum Gasteiger partial charge on any atom is -0.478 e. The molecule has 14 heavy (non-hydrogen) atoms. The van der Waals surface area contributed by atoms with Gasteiger partial charge in [0.15, 0.2) is 0 Å². The van der Waals surface area contributed by atoms with Gasteiger partial charge in [-0.25, -0.2) is 4.98 Å². The van der Waals surface area contributed by atoms with E-state index in [9.17, 15) is 4.79 Å². The first-order valence-corrected chi connectivity index (χ1v) is 4.71. The number of carbonyl (C=O) groups is 1. The van der Waals surface area contributed by atoms with Gasteiger partial charge in [-0.2, -0.15) is 0 Å². The van der Waals surface area contributed by atoms with Crippen molar-refractivity contribution in [3.63, 3.8) is 0 Å². The van der Waals surface area contributed by atoms with Crippen molar-refractivity contribution in [2.75, 3.05) is 13.2 Å². The lowest BCUT2D eigenvalue weighted by molar-refractivity contribution is 0.0945. The van der Waals surface area contributed by atoms with Crippen LogP contribution in [0.25, 0.3) is 0 Å². The summed E-state index contributed by atoms with van der Waals surface area (Å²) >= 11 is 0. The molecular weight excluding hydrogens is 180 g/mol. The molecular formula is C10H12N2O2. The van der Waals surface area contributed by atoms with Crippen molar-refractivity contribution in [3.05, 3.63) is 23.4 Å². The molecule has 0 radical (unpaired) electrons. The molecule has 1 N–H and O–H groups in total. The second-order valence-corrected chi connectivity index (χ2v) is 3.12. The molecule has 0 aliphatic carbocycles. The predicted molar refractivity (Wildman–Crippen MR) is 51.4 cm³/mol. The van der Waals surface area contributed by atoms with Gasteiger partial charge in [-0.1, -0.05) is 0 Å². The van der Waals surface area contributed by atoms with Gasteiger partial charge in [-0.15, -0.1) is 0 Å². The van der Waals surface area contributed by atoms with Gasteiger partial charge in [-0.3, -0.25) is 4.79 Å². The number of nitrogens with one attached hydrogen (secondary N) is 1. The monoisotopic (exact) mass is 192 g/mol. The van der Waals surface area contributed by atoms with Crippen molar-refractivity contribution in [2.24, 2.45) is 0 Å². The van der Waals surface area contributed by atoms with Crippen LogP contribution in [0.3, 0.4) is 0 Å². The Labute approximate surface area is 82.3 Å². The SMILES string of the molecule is CCOc1cc2c(cn1)C(=O)NCC2. The first-order chi connectivity index (χ1) is 6.81. The molecule has 0 bridgehead atoms. The van der Waals surface area contributed by atoms with Crippen molar-refractivity contribution in [2.45, 2.75) is 13.3 Å². The maximum atomic E-state index is 11.4. The van der Waals surface area contributed by atoms with Crippen LogP contribution in [0.4, 0.5) is 0 Å². The standard InChI is InChI=1S/C10H12N2O2/c1-2-14-9-5-7-3-4-11-10(13)8(7)6-12-9/h5-6H,2-4H2,1H3,(H,11,13). The van der Waals surface area contributed by atoms with Crippen LogP contribution in [-0.2, 0) is 6.42 Å². The Hall–Kier alpha value is -1.58. The predicted octanol–water partition coefficient (Wildman–Crippen LogP) is 0.766. The second kappa shape index (κ2) is 3.65. The summed E-state index contributed by atoms with van der Waals surface area (Å²) in [5.74, 6) is 0.558. The van der Waals surface area contributed by atoms with E-state index >= 15 is 0 Å². The fourth-order valence-corrected chi connectivity index (χ4v) is 1.52. The van der Waals surface area contributed by atoms with Crippen LogP contribution in [0.5, 0.6) is 5.88 Å². The van der Waals surface area contributed by atoms with E-state index in [1.165, 1.54) is 0 Å². The lowest BCUT2D eigenvalue weighted by atomic mass is 10.0. The average Bonchev–Trinajstić information content (AvgIpc) is 2.18. The van der Waals surface area contributed by atoms with E-state index in [4.69, 9.17) is 4.74 Å². The Balaban J connectivity index is 2.34. The Kier molecular flexibility index (Phi) is 2.35. The number of amides is 1. The highest BCUT2D eigenvalue weighted by Gasteiger charge is 2.17. The van der Waals surface area contributed by atoms with Crippen LogP contribution in [0.2, 0.25) is 0 Å². The molecule has 1 aromatic heterocycles. The Morgan fingerprint density at radius 1 is 1.64 bits per heavy atom. The van der Waals surface area contributed by atoms with Gasteiger partial charge in [0, 0.05) is 18.8 Å². The van der Waals surface area contributed by atoms with E-state index < -0.39 is 0 Å². The molecule has 0 atom stereocenters. The number of carbonyl (C=O) groups excluding carboxylic acids is 1. The molecule has 1 amide bonds. The molecule has 1 aromatic rings. The lowest BCUT2D eigenvalue weighted by Gasteiger charge is -2.16. The van der Waals surface area contributed by atoms with Gasteiger partial charge in [0.05, 0.1) is 12.2 Å². The van der Waals surface area contributed by atoms with Crippen molar-refractivity contribution in [3.8, 4) is 5.88 Å². The van der Waals surface area contributed by atoms with Gasteiger partial charge >= 0.3 is 0 Å². The first-order valence-electron chi connectivity index (χ1n) is 4.71. The average molecular weight is 192 g/mol. The van der Waals surface area contributed by atoms with Crippen molar-refractivity contribution < 1.29 is 9.53 Å². The van der Waals surface area contributed by atoms with E-state index in [0.29, 0.717) is 24.6 Å². The molecule has 0 saturated heterocycles. The number of pyridine rings is 1. The number of aromatic nitrogens is 1. The number of nitrogens with zero attached hydrogens (tertiary/aromatic N) is 1. The number of hydrogen-bond donors (Lipinski definition) is 1. The van der Waals surface area contributed by atoms with Crippen LogP contribution in [0.15, 0.2) is 12.3 Å². The van der Waals surface area contributed by atoms with E-state index in [1.54, 1.807) is 6.20 Å². The number of hydrogen-bond acceptors (Lipinski definition) is 3. The van der Waals surface area contributed by atoms with Crippen LogP contribution in [0, 0.1) is 0 Å². The van der Waals surface area contributed by atoms with Gasteiger partial charge < -0.3 is 10.1 Å². The fraction of sp³-hybridized carbons (Fsp3) is 0.400. The summed E-state index contributed by atoms with van der Waals surface area (Å²) in [6.45, 7) is 3.20. The molecule has 1 aliphatic rings. The molecule has 2 heterocycles. The highest BCUT2D eigenvalue weighted by molar-refractivity contribution is 5.96. The molecule has 1 aliphatic heterocycles. The van der Waals surface area contributed by atoms with E-state index in [0.717, 1.165) is 12.0 Å². The van der Waals surface area contributed by atoms with Gasteiger partial charge in [0.1, 0.15) is 0 Å². The van der Waals surface area contributed by atoms with Gasteiger partial charge in [0.25, 0.3) is 5.91 Å². The van der Waals surface area contributed by atoms with Crippen LogP contribution < -0.4 is 10.1 Å². The van der Waals surface area contributed by atoms with Gasteiger partial charge in [-0.05, 0) is 18.9 Å². The summed E-state index contributed by atoms with van der Waals surface area (Å²) in [5.41, 5.74) is 1.69. The van der Waals surface area contributed by atoms with E-state index in [-0.39, 0.29) is 5.91 Å². The van der Waals surface area contributed by atoms with Crippen molar-refractivity contribution >= 4 is 5.91 Å². The molecule has 0 saturated carbocycles. The highest BCUT2D eigenvalue weighted by atomic mass is 16.5. The molecule has 4 heteroatoms. The third-order valence-electron chi connectivity index (χ3n) is 2.18. The molecule has 2 rings (SSSR count). The highest BCUT2D eigenvalue weighted by Crippen LogP contribution is 2.17. The minimum absolute atomic E-state index is 0.0400. The maximum Gasteiger partial charge on any atom is 0.253 e. The summed E-state index contributed by atoms with van der Waals surface area (Å²) in [4.78, 5) is 15.4. The molecule has 74 valence electrons. The Morgan fingerprint density at radius 2 is 2.50 bits per heavy atom. The summed E-state index contributed by atoms with van der Waals surface area (Å²) in [7, 11) is 0. The molecule has 0 unspecified atom stereocenters. The molecule has 0 fully saturated rings. The summed E-state index contributed by atoms with van der Waals surface area (Å²) < 4.78 is 5.26. The molecule has 4 nitrogen and oxygen atoms in total. The zero-order valence-corrected chi connectivity index (χ0v) is 8.04. The van der Waals surface area contributed by atoms with Crippen LogP contribution in [-0.4, -0.2) is 24.0 Å². The zero-order valence-electron chi connectivity index (χ0n) is 8.04. The fourth-order valence-electron chi connectivity index (χ4n) is 1.52. The second-order valence-electron chi connectivity index (χ2n) is 3.12. The maximum absolute atomic E-state index is 11.4. The Bertz CT molecular complexity index is 363. The van der Waals surface area contributed by atoms with Crippen LogP contribution in [0.1, 0.15) is 22.8 Å². The summed E-state index contributed by atoms with van der Waals surface area (Å²) in [6.07, 6.45) is 2.43. The lowest BCUT2D eigenvalue weighted by Crippen LogP contribution is -2.31. The smallest absolute Gasteiger partial charge is 0.253 e. The van der Waals surface area contributed by atoms with E-state index in [2.05, 4.69) is 10.3 Å². The number of fused-ring (bicyclic) bond motifs is 1. The topological polar surface area (TPSA) is 51.2 Å². The quantitative estimate of drug-likeness (QED) is 0.752. The third-order valence-corrected chi connectivity index (χ3v) is 2.18. The minimum atomic E-state index is -0.0400. The molecule has 0 spiro atoms. The normalized spacial score (nSPS) is 14.5. The first kappa shape index (κ1) is 8.99. The van der Waals surface area contributed by atoms with Crippen molar-refractivity contribution in [1.29, 1.82) is 0 Å². The van der Waals surface area contributed by atoms with Crippen molar-refractivity contribution in [1.82, 2.24) is 10.3 Å². The van der Waals surface area contributed by atoms with Gasteiger partial charge in [0.2, 0.25) is 5.88 Å². The van der Waals surface area contributed by atoms with Crippen LogP contribution >= 0.6 is 0 Å².